The van der Waals surface area contributed by atoms with E-state index in [9.17, 15) is 18.5 Å². The minimum Gasteiger partial charge on any atom is -0.495 e. The Balaban J connectivity index is 3.31. The summed E-state index contributed by atoms with van der Waals surface area (Å²) in [5.41, 5.74) is -0.257. The van der Waals surface area contributed by atoms with Crippen LogP contribution in [0.1, 0.15) is 0 Å². The van der Waals surface area contributed by atoms with Crippen molar-refractivity contribution in [3.63, 3.8) is 0 Å². The third-order valence-electron chi connectivity index (χ3n) is 2.05. The van der Waals surface area contributed by atoms with Gasteiger partial charge in [0.1, 0.15) is 17.0 Å². The second-order valence-electron chi connectivity index (χ2n) is 3.75. The van der Waals surface area contributed by atoms with E-state index in [2.05, 4.69) is 4.40 Å². The number of sulfonamides is 1. The molecule has 0 bridgehead atoms. The van der Waals surface area contributed by atoms with Crippen LogP contribution in [-0.2, 0) is 10.0 Å². The Morgan fingerprint density at radius 3 is 2.53 bits per heavy atom. The van der Waals surface area contributed by atoms with Gasteiger partial charge in [0.05, 0.1) is 18.1 Å². The molecular weight excluding hydrogens is 274 g/mol. The third-order valence-corrected chi connectivity index (χ3v) is 3.32. The second-order valence-corrected chi connectivity index (χ2v) is 5.35. The molecule has 0 aromatic heterocycles. The fourth-order valence-corrected chi connectivity index (χ4v) is 2.26. The number of nitro benzene ring substituents is 1. The zero-order valence-corrected chi connectivity index (χ0v) is 11.4. The van der Waals surface area contributed by atoms with Crippen molar-refractivity contribution in [3.05, 3.63) is 28.3 Å². The van der Waals surface area contributed by atoms with Crippen LogP contribution in [0.25, 0.3) is 0 Å². The lowest BCUT2D eigenvalue weighted by Crippen LogP contribution is -2.10. The van der Waals surface area contributed by atoms with Crippen molar-refractivity contribution in [2.45, 2.75) is 4.90 Å². The van der Waals surface area contributed by atoms with E-state index < -0.39 is 14.9 Å². The van der Waals surface area contributed by atoms with E-state index in [4.69, 9.17) is 4.74 Å². The van der Waals surface area contributed by atoms with Gasteiger partial charge in [0, 0.05) is 20.2 Å². The molecule has 0 amide bonds. The standard InChI is InChI=1S/C10H13N3O5S/c1-12(2)7-11-19(16,17)10-5-4-8(13(14)15)6-9(10)18-3/h4-7H,1-3H3/b11-7+. The molecule has 0 aliphatic heterocycles. The summed E-state index contributed by atoms with van der Waals surface area (Å²) in [4.78, 5) is 11.2. The van der Waals surface area contributed by atoms with Crippen LogP contribution < -0.4 is 4.74 Å². The molecule has 0 radical (unpaired) electrons. The number of nitro groups is 1. The van der Waals surface area contributed by atoms with Crippen LogP contribution in [0.3, 0.4) is 0 Å². The van der Waals surface area contributed by atoms with Gasteiger partial charge in [-0.1, -0.05) is 0 Å². The molecule has 0 atom stereocenters. The zero-order chi connectivity index (χ0) is 14.6. The third kappa shape index (κ3) is 3.65. The zero-order valence-electron chi connectivity index (χ0n) is 10.6. The molecular formula is C10H13N3O5S. The summed E-state index contributed by atoms with van der Waals surface area (Å²) in [5.74, 6) is -0.120. The average molecular weight is 287 g/mol. The summed E-state index contributed by atoms with van der Waals surface area (Å²) in [6, 6.07) is 3.22. The number of hydrogen-bond donors (Lipinski definition) is 0. The first kappa shape index (κ1) is 14.9. The number of benzene rings is 1. The van der Waals surface area contributed by atoms with E-state index in [1.807, 2.05) is 0 Å². The largest absolute Gasteiger partial charge is 0.495 e. The molecule has 0 saturated heterocycles. The normalized spacial score (nSPS) is 11.5. The quantitative estimate of drug-likeness (QED) is 0.345. The predicted octanol–water partition coefficient (Wildman–Crippen LogP) is 0.882. The molecule has 19 heavy (non-hydrogen) atoms. The minimum absolute atomic E-state index is 0.120. The van der Waals surface area contributed by atoms with Gasteiger partial charge in [-0.05, 0) is 6.07 Å². The average Bonchev–Trinajstić information content (AvgIpc) is 2.35. The van der Waals surface area contributed by atoms with Crippen LogP contribution in [0.2, 0.25) is 0 Å². The SMILES string of the molecule is COc1cc([N+](=O)[O-])ccc1S(=O)(=O)/N=C/N(C)C. The van der Waals surface area contributed by atoms with Crippen LogP contribution in [0.4, 0.5) is 5.69 Å². The number of ether oxygens (including phenoxy) is 1. The first-order valence-corrected chi connectivity index (χ1v) is 6.51. The van der Waals surface area contributed by atoms with E-state index in [0.717, 1.165) is 24.5 Å². The van der Waals surface area contributed by atoms with Crippen LogP contribution in [-0.4, -0.2) is 45.8 Å². The van der Waals surface area contributed by atoms with Crippen LogP contribution in [0.5, 0.6) is 5.75 Å². The monoisotopic (exact) mass is 287 g/mol. The fraction of sp³-hybridized carbons (Fsp3) is 0.300. The van der Waals surface area contributed by atoms with Crippen molar-refractivity contribution >= 4 is 22.0 Å². The van der Waals surface area contributed by atoms with Gasteiger partial charge in [-0.15, -0.1) is 4.40 Å². The van der Waals surface area contributed by atoms with Gasteiger partial charge in [0.2, 0.25) is 0 Å². The van der Waals surface area contributed by atoms with Gasteiger partial charge >= 0.3 is 0 Å². The molecule has 1 aromatic carbocycles. The molecule has 0 aliphatic carbocycles. The first-order chi connectivity index (χ1) is 8.77. The molecule has 0 aliphatic rings. The Bertz CT molecular complexity index is 610. The highest BCUT2D eigenvalue weighted by molar-refractivity contribution is 7.90. The van der Waals surface area contributed by atoms with E-state index in [0.29, 0.717) is 0 Å². The summed E-state index contributed by atoms with van der Waals surface area (Å²) >= 11 is 0. The van der Waals surface area contributed by atoms with E-state index >= 15 is 0 Å². The maximum absolute atomic E-state index is 11.9. The highest BCUT2D eigenvalue weighted by Gasteiger charge is 2.21. The van der Waals surface area contributed by atoms with Crippen molar-refractivity contribution in [1.29, 1.82) is 0 Å². The topological polar surface area (TPSA) is 102 Å². The van der Waals surface area contributed by atoms with Gasteiger partial charge in [-0.2, -0.15) is 8.42 Å². The fourth-order valence-electron chi connectivity index (χ4n) is 1.20. The molecule has 0 heterocycles. The van der Waals surface area contributed by atoms with Crippen molar-refractivity contribution in [2.75, 3.05) is 21.2 Å². The van der Waals surface area contributed by atoms with Gasteiger partial charge in [-0.25, -0.2) is 0 Å². The van der Waals surface area contributed by atoms with Crippen LogP contribution in [0.15, 0.2) is 27.5 Å². The molecule has 104 valence electrons. The minimum atomic E-state index is -3.96. The highest BCUT2D eigenvalue weighted by Crippen LogP contribution is 2.29. The molecule has 0 unspecified atom stereocenters. The van der Waals surface area contributed by atoms with E-state index in [1.165, 1.54) is 12.0 Å². The summed E-state index contributed by atoms with van der Waals surface area (Å²) in [5, 5.41) is 10.6. The van der Waals surface area contributed by atoms with Gasteiger partial charge < -0.3 is 9.64 Å². The van der Waals surface area contributed by atoms with Crippen molar-refractivity contribution in [3.8, 4) is 5.75 Å². The lowest BCUT2D eigenvalue weighted by atomic mass is 10.3. The Morgan fingerprint density at radius 1 is 1.42 bits per heavy atom. The second kappa shape index (κ2) is 5.65. The predicted molar refractivity (Wildman–Crippen MR) is 69.0 cm³/mol. The van der Waals surface area contributed by atoms with E-state index in [-0.39, 0.29) is 16.3 Å². The first-order valence-electron chi connectivity index (χ1n) is 5.07. The Labute approximate surface area is 110 Å². The summed E-state index contributed by atoms with van der Waals surface area (Å²) in [7, 11) is 0.504. The molecule has 1 aromatic rings. The van der Waals surface area contributed by atoms with Crippen LogP contribution in [0, 0.1) is 10.1 Å². The molecule has 0 saturated carbocycles. The van der Waals surface area contributed by atoms with Gasteiger partial charge in [0.15, 0.2) is 0 Å². The number of rotatable bonds is 5. The highest BCUT2D eigenvalue weighted by atomic mass is 32.2. The molecule has 9 heteroatoms. The summed E-state index contributed by atoms with van der Waals surface area (Å²) in [6.45, 7) is 0. The smallest absolute Gasteiger partial charge is 0.287 e. The van der Waals surface area contributed by atoms with E-state index in [1.54, 1.807) is 14.1 Å². The number of methoxy groups -OCH3 is 1. The molecule has 1 rings (SSSR count). The summed E-state index contributed by atoms with van der Waals surface area (Å²) in [6.07, 6.45) is 1.12. The Kier molecular flexibility index (Phi) is 4.43. The molecule has 8 nitrogen and oxygen atoms in total. The Hall–Kier alpha value is -2.16. The Morgan fingerprint density at radius 2 is 2.05 bits per heavy atom. The molecule has 0 fully saturated rings. The number of hydrogen-bond acceptors (Lipinski definition) is 5. The van der Waals surface area contributed by atoms with Crippen LogP contribution >= 0.6 is 0 Å². The van der Waals surface area contributed by atoms with Crippen molar-refractivity contribution in [1.82, 2.24) is 4.90 Å². The maximum atomic E-state index is 11.9. The number of nitrogens with zero attached hydrogens (tertiary/aromatic N) is 3. The summed E-state index contributed by atoms with van der Waals surface area (Å²) < 4.78 is 32.1. The van der Waals surface area contributed by atoms with Crippen molar-refractivity contribution in [2.24, 2.45) is 4.40 Å². The van der Waals surface area contributed by atoms with Gasteiger partial charge in [0.25, 0.3) is 15.7 Å². The lowest BCUT2D eigenvalue weighted by Gasteiger charge is -2.07. The molecule has 0 N–H and O–H groups in total. The maximum Gasteiger partial charge on any atom is 0.287 e. The molecule has 0 spiro atoms. The van der Waals surface area contributed by atoms with Gasteiger partial charge in [-0.3, -0.25) is 10.1 Å². The lowest BCUT2D eigenvalue weighted by molar-refractivity contribution is -0.385. The number of non-ortho nitro benzene ring substituents is 1. The van der Waals surface area contributed by atoms with Crippen molar-refractivity contribution < 1.29 is 18.1 Å².